The molecule has 6 nitrogen and oxygen atoms in total. The lowest BCUT2D eigenvalue weighted by Crippen LogP contribution is -2.09. The standard InChI is InChI=1S/C21H17N3O3/c22-11-16(20-23-17-6-1-2-7-18(17)24-20)19(25)12-27-21(26)15-9-8-13-4-3-5-14(13)10-15/h1-2,6-10,25H,3-5,12H2,(H,23,24)/b19-16-. The number of rotatable bonds is 4. The highest BCUT2D eigenvalue weighted by atomic mass is 16.5. The molecular weight excluding hydrogens is 342 g/mol. The summed E-state index contributed by atoms with van der Waals surface area (Å²) in [5, 5.41) is 19.7. The number of benzene rings is 2. The van der Waals surface area contributed by atoms with Crippen LogP contribution >= 0.6 is 0 Å². The normalized spacial score (nSPS) is 13.7. The average Bonchev–Trinajstić information content (AvgIpc) is 3.32. The van der Waals surface area contributed by atoms with E-state index in [2.05, 4.69) is 9.97 Å². The number of aliphatic hydroxyl groups excluding tert-OH is 1. The first-order valence-corrected chi connectivity index (χ1v) is 8.72. The smallest absolute Gasteiger partial charge is 0.338 e. The Hall–Kier alpha value is -3.59. The molecule has 27 heavy (non-hydrogen) atoms. The fourth-order valence-electron chi connectivity index (χ4n) is 3.31. The molecule has 3 aromatic rings. The Labute approximate surface area is 155 Å². The van der Waals surface area contributed by atoms with E-state index in [9.17, 15) is 15.2 Å². The van der Waals surface area contributed by atoms with Crippen molar-refractivity contribution in [2.75, 3.05) is 6.61 Å². The molecule has 0 unspecified atom stereocenters. The predicted molar refractivity (Wildman–Crippen MR) is 100 cm³/mol. The molecule has 2 N–H and O–H groups in total. The number of hydrogen-bond acceptors (Lipinski definition) is 5. The Morgan fingerprint density at radius 1 is 1.22 bits per heavy atom. The quantitative estimate of drug-likeness (QED) is 0.420. The van der Waals surface area contributed by atoms with Crippen molar-refractivity contribution in [3.05, 3.63) is 70.7 Å². The number of esters is 1. The predicted octanol–water partition coefficient (Wildman–Crippen LogP) is 3.70. The first-order chi connectivity index (χ1) is 13.2. The van der Waals surface area contributed by atoms with Gasteiger partial charge < -0.3 is 14.8 Å². The third-order valence-corrected chi connectivity index (χ3v) is 4.70. The molecule has 0 saturated carbocycles. The zero-order chi connectivity index (χ0) is 18.8. The Morgan fingerprint density at radius 3 is 2.85 bits per heavy atom. The number of imidazole rings is 1. The topological polar surface area (TPSA) is 99.0 Å². The maximum atomic E-state index is 12.3. The number of hydrogen-bond donors (Lipinski definition) is 2. The summed E-state index contributed by atoms with van der Waals surface area (Å²) in [6, 6.07) is 14.8. The summed E-state index contributed by atoms with van der Waals surface area (Å²) in [5.74, 6) is -0.631. The number of H-pyrrole nitrogens is 1. The van der Waals surface area contributed by atoms with Crippen molar-refractivity contribution in [3.8, 4) is 6.07 Å². The van der Waals surface area contributed by atoms with E-state index in [0.29, 0.717) is 11.1 Å². The van der Waals surface area contributed by atoms with Crippen molar-refractivity contribution in [2.45, 2.75) is 19.3 Å². The van der Waals surface area contributed by atoms with E-state index < -0.39 is 12.6 Å². The van der Waals surface area contributed by atoms with Crippen LogP contribution in [0.15, 0.2) is 48.2 Å². The molecule has 1 heterocycles. The first kappa shape index (κ1) is 16.9. The molecule has 0 fully saturated rings. The lowest BCUT2D eigenvalue weighted by Gasteiger charge is -2.07. The summed E-state index contributed by atoms with van der Waals surface area (Å²) < 4.78 is 5.19. The second-order valence-corrected chi connectivity index (χ2v) is 6.45. The number of para-hydroxylation sites is 2. The SMILES string of the molecule is N#C/C(=C(/O)COC(=O)c1ccc2c(c1)CCC2)c1nc2ccccc2[nH]1. The number of carbonyl (C=O) groups is 1. The number of fused-ring (bicyclic) bond motifs is 2. The van der Waals surface area contributed by atoms with Crippen LogP contribution in [0.2, 0.25) is 0 Å². The minimum absolute atomic E-state index is 0.0482. The summed E-state index contributed by atoms with van der Waals surface area (Å²) in [6.45, 7) is -0.393. The third-order valence-electron chi connectivity index (χ3n) is 4.70. The van der Waals surface area contributed by atoms with E-state index in [1.165, 1.54) is 11.1 Å². The van der Waals surface area contributed by atoms with Gasteiger partial charge in [-0.25, -0.2) is 9.78 Å². The summed E-state index contributed by atoms with van der Waals surface area (Å²) >= 11 is 0. The molecule has 0 atom stereocenters. The van der Waals surface area contributed by atoms with Crippen molar-refractivity contribution >= 4 is 22.6 Å². The van der Waals surface area contributed by atoms with Gasteiger partial charge in [0.25, 0.3) is 0 Å². The molecule has 4 rings (SSSR count). The lowest BCUT2D eigenvalue weighted by atomic mass is 10.1. The summed E-state index contributed by atoms with van der Waals surface area (Å²) in [4.78, 5) is 19.6. The van der Waals surface area contributed by atoms with Crippen LogP contribution in [0.5, 0.6) is 0 Å². The van der Waals surface area contributed by atoms with E-state index in [4.69, 9.17) is 4.74 Å². The number of aryl methyl sites for hydroxylation is 2. The van der Waals surface area contributed by atoms with Gasteiger partial charge in [-0.3, -0.25) is 0 Å². The second kappa shape index (κ2) is 6.96. The zero-order valence-corrected chi connectivity index (χ0v) is 14.5. The van der Waals surface area contributed by atoms with Crippen LogP contribution in [0.25, 0.3) is 16.6 Å². The van der Waals surface area contributed by atoms with Crippen molar-refractivity contribution in [2.24, 2.45) is 0 Å². The second-order valence-electron chi connectivity index (χ2n) is 6.45. The van der Waals surface area contributed by atoms with Crippen LogP contribution < -0.4 is 0 Å². The molecule has 134 valence electrons. The number of carbonyl (C=O) groups excluding carboxylic acids is 1. The number of ether oxygens (including phenoxy) is 1. The van der Waals surface area contributed by atoms with Crippen LogP contribution in [0.4, 0.5) is 0 Å². The molecule has 0 saturated heterocycles. The van der Waals surface area contributed by atoms with Crippen LogP contribution in [0.1, 0.15) is 33.7 Å². The molecule has 0 aliphatic heterocycles. The molecule has 6 heteroatoms. The van der Waals surface area contributed by atoms with Gasteiger partial charge in [0.05, 0.1) is 16.6 Å². The van der Waals surface area contributed by atoms with Crippen LogP contribution in [-0.4, -0.2) is 27.7 Å². The minimum atomic E-state index is -0.529. The fourth-order valence-corrected chi connectivity index (χ4v) is 3.31. The van der Waals surface area contributed by atoms with Crippen molar-refractivity contribution in [1.82, 2.24) is 9.97 Å². The number of aromatic nitrogens is 2. The first-order valence-electron chi connectivity index (χ1n) is 8.72. The molecule has 0 radical (unpaired) electrons. The Balaban J connectivity index is 1.52. The van der Waals surface area contributed by atoms with Crippen molar-refractivity contribution < 1.29 is 14.6 Å². The number of allylic oxidation sites excluding steroid dienone is 1. The number of nitriles is 1. The highest BCUT2D eigenvalue weighted by molar-refractivity contribution is 5.90. The monoisotopic (exact) mass is 359 g/mol. The highest BCUT2D eigenvalue weighted by Crippen LogP contribution is 2.23. The molecule has 0 amide bonds. The van der Waals surface area contributed by atoms with Gasteiger partial charge in [0.2, 0.25) is 0 Å². The van der Waals surface area contributed by atoms with E-state index in [0.717, 1.165) is 24.8 Å². The van der Waals surface area contributed by atoms with Crippen LogP contribution in [0.3, 0.4) is 0 Å². The Bertz CT molecular complexity index is 1070. The van der Waals surface area contributed by atoms with Gasteiger partial charge in [-0.05, 0) is 54.7 Å². The number of nitrogens with zero attached hydrogens (tertiary/aromatic N) is 2. The van der Waals surface area contributed by atoms with E-state index in [1.54, 1.807) is 12.1 Å². The number of aromatic amines is 1. The molecule has 2 aromatic carbocycles. The molecule has 1 aliphatic carbocycles. The largest absolute Gasteiger partial charge is 0.507 e. The van der Waals surface area contributed by atoms with E-state index in [1.807, 2.05) is 36.4 Å². The fraction of sp³-hybridized carbons (Fsp3) is 0.190. The Kier molecular flexibility index (Phi) is 4.35. The van der Waals surface area contributed by atoms with Gasteiger partial charge in [0, 0.05) is 0 Å². The summed E-state index contributed by atoms with van der Waals surface area (Å²) in [7, 11) is 0. The van der Waals surface area contributed by atoms with E-state index >= 15 is 0 Å². The maximum Gasteiger partial charge on any atom is 0.338 e. The van der Waals surface area contributed by atoms with E-state index in [-0.39, 0.29) is 17.2 Å². The van der Waals surface area contributed by atoms with Gasteiger partial charge in [-0.1, -0.05) is 18.2 Å². The van der Waals surface area contributed by atoms with Gasteiger partial charge in [-0.15, -0.1) is 0 Å². The van der Waals surface area contributed by atoms with Crippen LogP contribution in [0, 0.1) is 11.3 Å². The zero-order valence-electron chi connectivity index (χ0n) is 14.5. The molecule has 1 aromatic heterocycles. The molecule has 1 aliphatic rings. The number of aliphatic hydroxyl groups is 1. The Morgan fingerprint density at radius 2 is 2.04 bits per heavy atom. The summed E-state index contributed by atoms with van der Waals surface area (Å²) in [6.07, 6.45) is 3.10. The van der Waals surface area contributed by atoms with Gasteiger partial charge in [0.15, 0.2) is 11.6 Å². The molecule has 0 spiro atoms. The van der Waals surface area contributed by atoms with Gasteiger partial charge >= 0.3 is 5.97 Å². The third kappa shape index (κ3) is 3.27. The highest BCUT2D eigenvalue weighted by Gasteiger charge is 2.17. The maximum absolute atomic E-state index is 12.3. The summed E-state index contributed by atoms with van der Waals surface area (Å²) in [5.41, 5.74) is 4.28. The number of nitrogens with one attached hydrogen (secondary N) is 1. The lowest BCUT2D eigenvalue weighted by molar-refractivity contribution is 0.0502. The molecular formula is C21H17N3O3. The van der Waals surface area contributed by atoms with Gasteiger partial charge in [0.1, 0.15) is 18.2 Å². The van der Waals surface area contributed by atoms with Crippen LogP contribution in [-0.2, 0) is 17.6 Å². The molecule has 0 bridgehead atoms. The van der Waals surface area contributed by atoms with Crippen molar-refractivity contribution in [1.29, 1.82) is 5.26 Å². The minimum Gasteiger partial charge on any atom is -0.507 e. The van der Waals surface area contributed by atoms with Gasteiger partial charge in [-0.2, -0.15) is 5.26 Å². The van der Waals surface area contributed by atoms with Crippen molar-refractivity contribution in [3.63, 3.8) is 0 Å². The average molecular weight is 359 g/mol.